The number of halogens is 1. The Bertz CT molecular complexity index is 419. The third-order valence-electron chi connectivity index (χ3n) is 3.29. The zero-order valence-electron chi connectivity index (χ0n) is 10.4. The molecule has 98 valence electrons. The Morgan fingerprint density at radius 3 is 2.72 bits per heavy atom. The first-order valence-corrected chi connectivity index (χ1v) is 7.44. The number of nitrogens with one attached hydrogen (secondary N) is 1. The number of carbonyl (C=O) groups excluding carboxylic acids is 1. The second-order valence-corrected chi connectivity index (χ2v) is 5.67. The summed E-state index contributed by atoms with van der Waals surface area (Å²) in [4.78, 5) is 15.5. The number of thioether (sulfide) groups is 1. The van der Waals surface area contributed by atoms with Gasteiger partial charge in [-0.2, -0.15) is 16.2 Å². The second-order valence-electron chi connectivity index (χ2n) is 4.53. The first kappa shape index (κ1) is 13.3. The van der Waals surface area contributed by atoms with Gasteiger partial charge in [0.25, 0.3) is 5.91 Å². The molecule has 0 radical (unpaired) electrons. The highest BCUT2D eigenvalue weighted by Gasteiger charge is 2.22. The zero-order valence-corrected chi connectivity index (χ0v) is 11.2. The lowest BCUT2D eigenvalue weighted by molar-refractivity contribution is 0.0922. The van der Waals surface area contributed by atoms with Gasteiger partial charge < -0.3 is 5.32 Å². The molecule has 0 aliphatic heterocycles. The number of nitrogens with zero attached hydrogens (tertiary/aromatic N) is 1. The molecule has 1 aliphatic carbocycles. The Hall–Kier alpha value is -1.10. The first-order valence-electron chi connectivity index (χ1n) is 6.15. The maximum atomic E-state index is 12.9. The van der Waals surface area contributed by atoms with Gasteiger partial charge in [-0.25, -0.2) is 4.98 Å². The van der Waals surface area contributed by atoms with E-state index >= 15 is 0 Å². The van der Waals surface area contributed by atoms with Gasteiger partial charge in [-0.3, -0.25) is 4.79 Å². The molecular weight excluding hydrogens is 251 g/mol. The maximum Gasteiger partial charge on any atom is 0.270 e. The van der Waals surface area contributed by atoms with Gasteiger partial charge in [0.2, 0.25) is 5.95 Å². The smallest absolute Gasteiger partial charge is 0.270 e. The lowest BCUT2D eigenvalue weighted by atomic mass is 9.95. The Kier molecular flexibility index (Phi) is 4.58. The van der Waals surface area contributed by atoms with E-state index in [1.807, 2.05) is 11.8 Å². The van der Waals surface area contributed by atoms with E-state index in [0.717, 1.165) is 25.7 Å². The molecular formula is C13H17FN2OS. The van der Waals surface area contributed by atoms with Gasteiger partial charge in [0.05, 0.1) is 0 Å². The summed E-state index contributed by atoms with van der Waals surface area (Å²) in [5.74, 6) is -0.893. The van der Waals surface area contributed by atoms with Crippen LogP contribution in [0.4, 0.5) is 4.39 Å². The molecule has 2 rings (SSSR count). The fraction of sp³-hybridized carbons (Fsp3) is 0.538. The molecule has 5 heteroatoms. The van der Waals surface area contributed by atoms with Gasteiger partial charge in [-0.05, 0) is 44.1 Å². The molecule has 1 amide bonds. The van der Waals surface area contributed by atoms with E-state index in [4.69, 9.17) is 0 Å². The van der Waals surface area contributed by atoms with Crippen LogP contribution >= 0.6 is 11.8 Å². The predicted octanol–water partition coefficient (Wildman–Crippen LogP) is 2.62. The average molecular weight is 268 g/mol. The largest absolute Gasteiger partial charge is 0.348 e. The summed E-state index contributed by atoms with van der Waals surface area (Å²) >= 11 is 1.89. The molecule has 1 saturated carbocycles. The van der Waals surface area contributed by atoms with Gasteiger partial charge in [-0.15, -0.1) is 0 Å². The monoisotopic (exact) mass is 268 g/mol. The standard InChI is InChI=1S/C13H17FN2OS/c1-18-10-7-5-9(6-8-10)15-13(17)11-3-2-4-12(14)16-11/h2-4,9-10H,5-8H2,1H3,(H,15,17). The van der Waals surface area contributed by atoms with Crippen LogP contribution in [0.3, 0.4) is 0 Å². The van der Waals surface area contributed by atoms with Crippen LogP contribution in [0, 0.1) is 5.95 Å². The number of amides is 1. The molecule has 1 aromatic heterocycles. The van der Waals surface area contributed by atoms with Gasteiger partial charge in [0.15, 0.2) is 0 Å². The van der Waals surface area contributed by atoms with E-state index in [1.54, 1.807) is 0 Å². The van der Waals surface area contributed by atoms with Crippen LogP contribution in [0.2, 0.25) is 0 Å². The molecule has 1 N–H and O–H groups in total. The Morgan fingerprint density at radius 1 is 1.39 bits per heavy atom. The SMILES string of the molecule is CSC1CCC(NC(=O)c2cccc(F)n2)CC1. The maximum absolute atomic E-state index is 12.9. The van der Waals surface area contributed by atoms with Crippen molar-refractivity contribution >= 4 is 17.7 Å². The molecule has 18 heavy (non-hydrogen) atoms. The second kappa shape index (κ2) is 6.18. The molecule has 0 atom stereocenters. The van der Waals surface area contributed by atoms with Gasteiger partial charge >= 0.3 is 0 Å². The normalized spacial score (nSPS) is 23.7. The van der Waals surface area contributed by atoms with Crippen LogP contribution in [0.15, 0.2) is 18.2 Å². The van der Waals surface area contributed by atoms with Crippen molar-refractivity contribution in [1.29, 1.82) is 0 Å². The Morgan fingerprint density at radius 2 is 2.11 bits per heavy atom. The molecule has 0 saturated heterocycles. The predicted molar refractivity (Wildman–Crippen MR) is 71.2 cm³/mol. The fourth-order valence-corrected chi connectivity index (χ4v) is 2.98. The lowest BCUT2D eigenvalue weighted by Crippen LogP contribution is -2.38. The molecule has 0 spiro atoms. The third-order valence-corrected chi connectivity index (χ3v) is 4.43. The summed E-state index contributed by atoms with van der Waals surface area (Å²) in [6.07, 6.45) is 6.37. The number of aromatic nitrogens is 1. The number of hydrogen-bond acceptors (Lipinski definition) is 3. The molecule has 0 aromatic carbocycles. The molecule has 1 heterocycles. The topological polar surface area (TPSA) is 42.0 Å². The van der Waals surface area contributed by atoms with Crippen LogP contribution < -0.4 is 5.32 Å². The van der Waals surface area contributed by atoms with E-state index in [1.165, 1.54) is 18.2 Å². The third kappa shape index (κ3) is 3.45. The Labute approximate surface area is 111 Å². The summed E-state index contributed by atoms with van der Waals surface area (Å²) in [6.45, 7) is 0. The van der Waals surface area contributed by atoms with Crippen molar-refractivity contribution in [3.63, 3.8) is 0 Å². The molecule has 1 fully saturated rings. The van der Waals surface area contributed by atoms with Crippen LogP contribution in [0.1, 0.15) is 36.2 Å². The highest BCUT2D eigenvalue weighted by Crippen LogP contribution is 2.26. The van der Waals surface area contributed by atoms with Crippen molar-refractivity contribution in [2.45, 2.75) is 37.0 Å². The van der Waals surface area contributed by atoms with E-state index in [9.17, 15) is 9.18 Å². The van der Waals surface area contributed by atoms with Crippen LogP contribution in [0.5, 0.6) is 0 Å². The number of hydrogen-bond donors (Lipinski definition) is 1. The Balaban J connectivity index is 1.89. The van der Waals surface area contributed by atoms with Crippen LogP contribution in [-0.2, 0) is 0 Å². The molecule has 0 unspecified atom stereocenters. The van der Waals surface area contributed by atoms with E-state index in [-0.39, 0.29) is 17.6 Å². The van der Waals surface area contributed by atoms with Crippen molar-refractivity contribution in [2.75, 3.05) is 6.26 Å². The summed E-state index contributed by atoms with van der Waals surface area (Å²) < 4.78 is 12.9. The van der Waals surface area contributed by atoms with E-state index in [0.29, 0.717) is 5.25 Å². The van der Waals surface area contributed by atoms with Crippen LogP contribution in [-0.4, -0.2) is 28.4 Å². The molecule has 0 bridgehead atoms. The molecule has 1 aliphatic rings. The van der Waals surface area contributed by atoms with E-state index in [2.05, 4.69) is 16.6 Å². The van der Waals surface area contributed by atoms with Gasteiger partial charge in [0, 0.05) is 11.3 Å². The van der Waals surface area contributed by atoms with Gasteiger partial charge in [-0.1, -0.05) is 6.07 Å². The first-order chi connectivity index (χ1) is 8.69. The number of carbonyl (C=O) groups is 1. The summed E-state index contributed by atoms with van der Waals surface area (Å²) in [5, 5.41) is 3.64. The lowest BCUT2D eigenvalue weighted by Gasteiger charge is -2.27. The molecule has 1 aromatic rings. The average Bonchev–Trinajstić information content (AvgIpc) is 2.39. The quantitative estimate of drug-likeness (QED) is 0.857. The summed E-state index contributed by atoms with van der Waals surface area (Å²) in [5.41, 5.74) is 0.155. The fourth-order valence-electron chi connectivity index (χ4n) is 2.24. The minimum Gasteiger partial charge on any atom is -0.348 e. The summed E-state index contributed by atoms with van der Waals surface area (Å²) in [7, 11) is 0. The van der Waals surface area contributed by atoms with Gasteiger partial charge in [0.1, 0.15) is 5.69 Å². The number of pyridine rings is 1. The van der Waals surface area contributed by atoms with Crippen molar-refractivity contribution in [3.8, 4) is 0 Å². The van der Waals surface area contributed by atoms with E-state index < -0.39 is 5.95 Å². The highest BCUT2D eigenvalue weighted by molar-refractivity contribution is 7.99. The zero-order chi connectivity index (χ0) is 13.0. The summed E-state index contributed by atoms with van der Waals surface area (Å²) in [6, 6.07) is 4.47. The van der Waals surface area contributed by atoms with Crippen LogP contribution in [0.25, 0.3) is 0 Å². The van der Waals surface area contributed by atoms with Crippen molar-refractivity contribution in [3.05, 3.63) is 29.8 Å². The van der Waals surface area contributed by atoms with Crippen molar-refractivity contribution in [2.24, 2.45) is 0 Å². The minimum atomic E-state index is -0.617. The highest BCUT2D eigenvalue weighted by atomic mass is 32.2. The van der Waals surface area contributed by atoms with Crippen molar-refractivity contribution in [1.82, 2.24) is 10.3 Å². The number of rotatable bonds is 3. The van der Waals surface area contributed by atoms with Crippen molar-refractivity contribution < 1.29 is 9.18 Å². The minimum absolute atomic E-state index is 0.155. The molecule has 3 nitrogen and oxygen atoms in total.